The predicted octanol–water partition coefficient (Wildman–Crippen LogP) is 1.12. The number of hydrogen-bond donors (Lipinski definition) is 2. The van der Waals surface area contributed by atoms with E-state index >= 15 is 0 Å². The lowest BCUT2D eigenvalue weighted by atomic mass is 10.0. The highest BCUT2D eigenvalue weighted by Gasteiger charge is 2.24. The molecule has 0 radical (unpaired) electrons. The zero-order valence-electron chi connectivity index (χ0n) is 11.0. The Morgan fingerprint density at radius 2 is 2.32 bits per heavy atom. The molecule has 2 heterocycles. The van der Waals surface area contributed by atoms with Gasteiger partial charge in [0.25, 0.3) is 0 Å². The number of nitrogens with one attached hydrogen (secondary N) is 1. The number of hydrogen-bond acceptors (Lipinski definition) is 4. The molecule has 0 saturated carbocycles. The lowest BCUT2D eigenvalue weighted by molar-refractivity contribution is -0.132. The molecule has 102 valence electrons. The summed E-state index contributed by atoms with van der Waals surface area (Å²) in [4.78, 5) is 28.2. The summed E-state index contributed by atoms with van der Waals surface area (Å²) in [5.74, 6) is -0.877. The van der Waals surface area contributed by atoms with E-state index in [0.717, 1.165) is 5.69 Å². The second-order valence-corrected chi connectivity index (χ2v) is 4.83. The molecule has 0 aliphatic carbocycles. The number of carbonyl (C=O) groups is 2. The number of rotatable bonds is 3. The maximum atomic E-state index is 11.4. The highest BCUT2D eigenvalue weighted by atomic mass is 16.4. The molecule has 0 spiro atoms. The molecular formula is C13H17N3O3. The number of carbonyl (C=O) groups excluding carboxylic acids is 1. The van der Waals surface area contributed by atoms with Crippen molar-refractivity contribution < 1.29 is 14.7 Å². The molecule has 0 bridgehead atoms. The molecule has 1 aliphatic rings. The Labute approximate surface area is 111 Å². The number of piperidine rings is 1. The van der Waals surface area contributed by atoms with Crippen molar-refractivity contribution in [2.75, 3.05) is 18.9 Å². The molecule has 1 saturated heterocycles. The van der Waals surface area contributed by atoms with Crippen LogP contribution in [0.2, 0.25) is 0 Å². The highest BCUT2D eigenvalue weighted by molar-refractivity contribution is 5.94. The number of amides is 1. The van der Waals surface area contributed by atoms with Crippen LogP contribution in [0.25, 0.3) is 0 Å². The van der Waals surface area contributed by atoms with E-state index in [4.69, 9.17) is 5.11 Å². The lowest BCUT2D eigenvalue weighted by Gasteiger charge is -2.31. The van der Waals surface area contributed by atoms with Crippen LogP contribution in [0.4, 0.5) is 5.69 Å². The zero-order valence-corrected chi connectivity index (χ0v) is 11.0. The standard InChI is InChI=1S/C13H17N3O3/c1-8-5-11(10(6-14-8)13(18)19)15-9-3-4-12(17)16(2)7-9/h5-6,9H,3-4,7H2,1-2H3,(H,14,15)(H,18,19). The number of nitrogens with zero attached hydrogens (tertiary/aromatic N) is 2. The summed E-state index contributed by atoms with van der Waals surface area (Å²) in [5.41, 5.74) is 1.48. The van der Waals surface area contributed by atoms with Gasteiger partial charge in [-0.25, -0.2) is 4.79 Å². The van der Waals surface area contributed by atoms with Gasteiger partial charge in [0.15, 0.2) is 0 Å². The van der Waals surface area contributed by atoms with E-state index in [9.17, 15) is 9.59 Å². The van der Waals surface area contributed by atoms with Crippen LogP contribution in [0.1, 0.15) is 28.9 Å². The maximum Gasteiger partial charge on any atom is 0.339 e. The number of aromatic carboxylic acids is 1. The summed E-state index contributed by atoms with van der Waals surface area (Å²) < 4.78 is 0. The minimum Gasteiger partial charge on any atom is -0.478 e. The van der Waals surface area contributed by atoms with E-state index in [1.165, 1.54) is 6.20 Å². The van der Waals surface area contributed by atoms with Crippen LogP contribution >= 0.6 is 0 Å². The molecule has 2 rings (SSSR count). The van der Waals surface area contributed by atoms with E-state index in [1.54, 1.807) is 18.0 Å². The van der Waals surface area contributed by atoms with Gasteiger partial charge >= 0.3 is 5.97 Å². The average Bonchev–Trinajstić information content (AvgIpc) is 2.33. The van der Waals surface area contributed by atoms with Crippen molar-refractivity contribution in [1.29, 1.82) is 0 Å². The van der Waals surface area contributed by atoms with Gasteiger partial charge in [-0.05, 0) is 19.4 Å². The van der Waals surface area contributed by atoms with E-state index in [-0.39, 0.29) is 17.5 Å². The monoisotopic (exact) mass is 263 g/mol. The van der Waals surface area contributed by atoms with Crippen LogP contribution in [0.3, 0.4) is 0 Å². The molecule has 0 aromatic carbocycles. The fraction of sp³-hybridized carbons (Fsp3) is 0.462. The number of aryl methyl sites for hydroxylation is 1. The minimum atomic E-state index is -1.00. The molecule has 19 heavy (non-hydrogen) atoms. The molecule has 2 N–H and O–H groups in total. The predicted molar refractivity (Wildman–Crippen MR) is 70.2 cm³/mol. The molecule has 1 fully saturated rings. The molecule has 1 unspecified atom stereocenters. The first-order chi connectivity index (χ1) is 8.97. The van der Waals surface area contributed by atoms with Crippen LogP contribution in [0, 0.1) is 6.92 Å². The van der Waals surface area contributed by atoms with Crippen molar-refractivity contribution in [2.24, 2.45) is 0 Å². The van der Waals surface area contributed by atoms with Gasteiger partial charge in [-0.1, -0.05) is 0 Å². The molecule has 1 atom stereocenters. The van der Waals surface area contributed by atoms with Crippen molar-refractivity contribution in [3.63, 3.8) is 0 Å². The SMILES string of the molecule is Cc1cc(NC2CCC(=O)N(C)C2)c(C(=O)O)cn1. The summed E-state index contributed by atoms with van der Waals surface area (Å²) in [6, 6.07) is 1.79. The molecule has 1 aromatic heterocycles. The number of anilines is 1. The summed E-state index contributed by atoms with van der Waals surface area (Å²) in [6.45, 7) is 2.40. The van der Waals surface area contributed by atoms with Crippen molar-refractivity contribution in [1.82, 2.24) is 9.88 Å². The first-order valence-corrected chi connectivity index (χ1v) is 6.18. The largest absolute Gasteiger partial charge is 0.478 e. The van der Waals surface area contributed by atoms with E-state index in [2.05, 4.69) is 10.3 Å². The number of pyridine rings is 1. The van der Waals surface area contributed by atoms with E-state index in [1.807, 2.05) is 6.92 Å². The Morgan fingerprint density at radius 3 is 2.95 bits per heavy atom. The Bertz CT molecular complexity index is 516. The van der Waals surface area contributed by atoms with Gasteiger partial charge in [-0.2, -0.15) is 0 Å². The Balaban J connectivity index is 2.16. The van der Waals surface area contributed by atoms with Crippen molar-refractivity contribution in [3.8, 4) is 0 Å². The normalized spacial score (nSPS) is 19.4. The van der Waals surface area contributed by atoms with Crippen molar-refractivity contribution in [2.45, 2.75) is 25.8 Å². The quantitative estimate of drug-likeness (QED) is 0.854. The van der Waals surface area contributed by atoms with E-state index < -0.39 is 5.97 Å². The van der Waals surface area contributed by atoms with Gasteiger partial charge in [-0.3, -0.25) is 9.78 Å². The Kier molecular flexibility index (Phi) is 3.69. The van der Waals surface area contributed by atoms with Gasteiger partial charge in [0.05, 0.1) is 5.69 Å². The molecule has 6 nitrogen and oxygen atoms in total. The van der Waals surface area contributed by atoms with E-state index in [0.29, 0.717) is 25.1 Å². The van der Waals surface area contributed by atoms with Crippen LogP contribution in [-0.2, 0) is 4.79 Å². The lowest BCUT2D eigenvalue weighted by Crippen LogP contribution is -2.43. The minimum absolute atomic E-state index is 0.0719. The number of carboxylic acids is 1. The average molecular weight is 263 g/mol. The van der Waals surface area contributed by atoms with Gasteiger partial charge < -0.3 is 15.3 Å². The smallest absolute Gasteiger partial charge is 0.339 e. The van der Waals surface area contributed by atoms with Crippen LogP contribution in [0.5, 0.6) is 0 Å². The third-order valence-electron chi connectivity index (χ3n) is 3.26. The fourth-order valence-corrected chi connectivity index (χ4v) is 2.20. The first-order valence-electron chi connectivity index (χ1n) is 6.18. The summed E-state index contributed by atoms with van der Waals surface area (Å²) in [5, 5.41) is 12.3. The summed E-state index contributed by atoms with van der Waals surface area (Å²) in [6.07, 6.45) is 2.56. The van der Waals surface area contributed by atoms with Gasteiger partial charge in [0.1, 0.15) is 5.56 Å². The molecular weight excluding hydrogens is 246 g/mol. The number of likely N-dealkylation sites (N-methyl/N-ethyl adjacent to an activating group) is 1. The zero-order chi connectivity index (χ0) is 14.0. The van der Waals surface area contributed by atoms with Crippen molar-refractivity contribution in [3.05, 3.63) is 23.5 Å². The molecule has 1 amide bonds. The summed E-state index contributed by atoms with van der Waals surface area (Å²) in [7, 11) is 1.76. The second kappa shape index (κ2) is 5.26. The third kappa shape index (κ3) is 3.01. The molecule has 1 aliphatic heterocycles. The molecule has 1 aromatic rings. The summed E-state index contributed by atoms with van der Waals surface area (Å²) >= 11 is 0. The van der Waals surface area contributed by atoms with Crippen LogP contribution in [0.15, 0.2) is 12.3 Å². The third-order valence-corrected chi connectivity index (χ3v) is 3.26. The Morgan fingerprint density at radius 1 is 1.58 bits per heavy atom. The van der Waals surface area contributed by atoms with Gasteiger partial charge in [0.2, 0.25) is 5.91 Å². The van der Waals surface area contributed by atoms with Crippen molar-refractivity contribution >= 4 is 17.6 Å². The first kappa shape index (κ1) is 13.3. The van der Waals surface area contributed by atoms with Crippen LogP contribution < -0.4 is 5.32 Å². The number of carboxylic acid groups (broad SMARTS) is 1. The fourth-order valence-electron chi connectivity index (χ4n) is 2.20. The Hall–Kier alpha value is -2.11. The van der Waals surface area contributed by atoms with Gasteiger partial charge in [0, 0.05) is 37.9 Å². The number of aromatic nitrogens is 1. The molecule has 6 heteroatoms. The number of likely N-dealkylation sites (tertiary alicyclic amines) is 1. The van der Waals surface area contributed by atoms with Gasteiger partial charge in [-0.15, -0.1) is 0 Å². The maximum absolute atomic E-state index is 11.4. The second-order valence-electron chi connectivity index (χ2n) is 4.83. The topological polar surface area (TPSA) is 82.5 Å². The van der Waals surface area contributed by atoms with Crippen LogP contribution in [-0.4, -0.2) is 46.5 Å². The highest BCUT2D eigenvalue weighted by Crippen LogP contribution is 2.20.